The Balaban J connectivity index is 1.72. The zero-order valence-electron chi connectivity index (χ0n) is 10.4. The third kappa shape index (κ3) is 2.53. The number of nitrogens with zero attached hydrogens (tertiary/aromatic N) is 1. The molecule has 1 aromatic rings. The number of nitrogens with one attached hydrogen (secondary N) is 1. The largest absolute Gasteiger partial charge is 0.315 e. The van der Waals surface area contributed by atoms with Crippen molar-refractivity contribution in [3.8, 4) is 0 Å². The van der Waals surface area contributed by atoms with Crippen molar-refractivity contribution in [3.05, 3.63) is 35.9 Å². The summed E-state index contributed by atoms with van der Waals surface area (Å²) >= 11 is 0. The van der Waals surface area contributed by atoms with Crippen LogP contribution >= 0.6 is 0 Å². The maximum absolute atomic E-state index is 3.57. The maximum Gasteiger partial charge on any atom is 0.0264 e. The molecule has 3 rings (SSSR count). The van der Waals surface area contributed by atoms with Crippen molar-refractivity contribution >= 4 is 0 Å². The van der Waals surface area contributed by atoms with Crippen molar-refractivity contribution in [2.45, 2.75) is 31.8 Å². The van der Waals surface area contributed by atoms with Gasteiger partial charge in [-0.15, -0.1) is 0 Å². The van der Waals surface area contributed by atoms with Crippen LogP contribution in [0.15, 0.2) is 30.3 Å². The second-order valence-corrected chi connectivity index (χ2v) is 5.44. The van der Waals surface area contributed by atoms with E-state index in [-0.39, 0.29) is 0 Å². The number of hydrogen-bond donors (Lipinski definition) is 1. The van der Waals surface area contributed by atoms with Gasteiger partial charge in [-0.3, -0.25) is 4.90 Å². The predicted molar refractivity (Wildman–Crippen MR) is 70.9 cm³/mol. The summed E-state index contributed by atoms with van der Waals surface area (Å²) in [5.74, 6) is 0.890. The van der Waals surface area contributed by atoms with Gasteiger partial charge in [-0.25, -0.2) is 0 Å². The molecule has 0 amide bonds. The van der Waals surface area contributed by atoms with Gasteiger partial charge in [-0.2, -0.15) is 0 Å². The maximum atomic E-state index is 3.57. The predicted octanol–water partition coefficient (Wildman–Crippen LogP) is 2.26. The number of rotatable bonds is 2. The monoisotopic (exact) mass is 230 g/mol. The van der Waals surface area contributed by atoms with Crippen molar-refractivity contribution in [1.29, 1.82) is 0 Å². The highest BCUT2D eigenvalue weighted by molar-refractivity contribution is 5.15. The molecule has 0 spiro atoms. The topological polar surface area (TPSA) is 15.3 Å². The van der Waals surface area contributed by atoms with Gasteiger partial charge in [-0.1, -0.05) is 36.8 Å². The van der Waals surface area contributed by atoms with Crippen LogP contribution in [0.4, 0.5) is 0 Å². The standard InChI is InChI=1S/C15H22N2/c1-2-6-13(7-3-1)12-17-9-5-4-8-14-10-16-11-15(14)17/h1-3,6-7,14-16H,4-5,8-12H2/t14-,15-/m1/s1. The summed E-state index contributed by atoms with van der Waals surface area (Å²) in [4.78, 5) is 2.70. The molecule has 1 N–H and O–H groups in total. The number of fused-ring (bicyclic) bond motifs is 1. The summed E-state index contributed by atoms with van der Waals surface area (Å²) in [6.07, 6.45) is 4.21. The van der Waals surface area contributed by atoms with E-state index in [1.54, 1.807) is 0 Å². The highest BCUT2D eigenvalue weighted by Gasteiger charge is 2.33. The van der Waals surface area contributed by atoms with E-state index >= 15 is 0 Å². The van der Waals surface area contributed by atoms with E-state index in [4.69, 9.17) is 0 Å². The summed E-state index contributed by atoms with van der Waals surface area (Å²) in [6, 6.07) is 11.7. The van der Waals surface area contributed by atoms with Gasteiger partial charge in [0.1, 0.15) is 0 Å². The summed E-state index contributed by atoms with van der Waals surface area (Å²) in [5, 5.41) is 3.57. The molecule has 0 unspecified atom stereocenters. The Hall–Kier alpha value is -0.860. The van der Waals surface area contributed by atoms with E-state index in [1.807, 2.05) is 0 Å². The fraction of sp³-hybridized carbons (Fsp3) is 0.600. The van der Waals surface area contributed by atoms with Gasteiger partial charge in [0.25, 0.3) is 0 Å². The Morgan fingerprint density at radius 1 is 1.12 bits per heavy atom. The van der Waals surface area contributed by atoms with Crippen molar-refractivity contribution in [1.82, 2.24) is 10.2 Å². The highest BCUT2D eigenvalue weighted by Crippen LogP contribution is 2.26. The minimum atomic E-state index is 0.776. The lowest BCUT2D eigenvalue weighted by atomic mass is 9.98. The van der Waals surface area contributed by atoms with Crippen LogP contribution in [0.2, 0.25) is 0 Å². The van der Waals surface area contributed by atoms with Crippen molar-refractivity contribution in [3.63, 3.8) is 0 Å². The Kier molecular flexibility index (Phi) is 3.44. The van der Waals surface area contributed by atoms with Crippen LogP contribution in [-0.4, -0.2) is 30.6 Å². The smallest absolute Gasteiger partial charge is 0.0264 e. The quantitative estimate of drug-likeness (QED) is 0.838. The van der Waals surface area contributed by atoms with Crippen molar-refractivity contribution < 1.29 is 0 Å². The van der Waals surface area contributed by atoms with Crippen molar-refractivity contribution in [2.75, 3.05) is 19.6 Å². The first-order chi connectivity index (χ1) is 8.43. The fourth-order valence-electron chi connectivity index (χ4n) is 3.34. The molecule has 2 nitrogen and oxygen atoms in total. The molecule has 1 aromatic carbocycles. The Morgan fingerprint density at radius 3 is 2.88 bits per heavy atom. The third-order valence-electron chi connectivity index (χ3n) is 4.27. The molecule has 2 heterocycles. The average molecular weight is 230 g/mol. The van der Waals surface area contributed by atoms with E-state index in [0.717, 1.165) is 18.5 Å². The van der Waals surface area contributed by atoms with Gasteiger partial charge >= 0.3 is 0 Å². The molecule has 0 saturated carbocycles. The molecule has 0 radical (unpaired) electrons. The van der Waals surface area contributed by atoms with E-state index < -0.39 is 0 Å². The lowest BCUT2D eigenvalue weighted by Gasteiger charge is -2.29. The van der Waals surface area contributed by atoms with Crippen LogP contribution in [0.3, 0.4) is 0 Å². The summed E-state index contributed by atoms with van der Waals surface area (Å²) in [6.45, 7) is 4.83. The van der Waals surface area contributed by atoms with Gasteiger partial charge < -0.3 is 5.32 Å². The van der Waals surface area contributed by atoms with Crippen molar-refractivity contribution in [2.24, 2.45) is 5.92 Å². The van der Waals surface area contributed by atoms with Gasteiger partial charge in [0.05, 0.1) is 0 Å². The Morgan fingerprint density at radius 2 is 2.00 bits per heavy atom. The molecule has 2 atom stereocenters. The molecule has 2 fully saturated rings. The van der Waals surface area contributed by atoms with Crippen LogP contribution < -0.4 is 5.32 Å². The fourth-order valence-corrected chi connectivity index (χ4v) is 3.34. The molecule has 92 valence electrons. The van der Waals surface area contributed by atoms with Crippen LogP contribution in [0, 0.1) is 5.92 Å². The van der Waals surface area contributed by atoms with Crippen LogP contribution in [0.1, 0.15) is 24.8 Å². The van der Waals surface area contributed by atoms with E-state index in [9.17, 15) is 0 Å². The minimum Gasteiger partial charge on any atom is -0.315 e. The number of hydrogen-bond acceptors (Lipinski definition) is 2. The molecule has 0 bridgehead atoms. The van der Waals surface area contributed by atoms with Crippen LogP contribution in [0.5, 0.6) is 0 Å². The molecule has 2 saturated heterocycles. The lowest BCUT2D eigenvalue weighted by Crippen LogP contribution is -2.39. The highest BCUT2D eigenvalue weighted by atomic mass is 15.2. The Bertz CT molecular complexity index is 349. The minimum absolute atomic E-state index is 0.776. The van der Waals surface area contributed by atoms with Gasteiger partial charge in [0.2, 0.25) is 0 Å². The van der Waals surface area contributed by atoms with Gasteiger partial charge in [0.15, 0.2) is 0 Å². The number of benzene rings is 1. The summed E-state index contributed by atoms with van der Waals surface area (Å²) in [7, 11) is 0. The lowest BCUT2D eigenvalue weighted by molar-refractivity contribution is 0.178. The second kappa shape index (κ2) is 5.19. The van der Waals surface area contributed by atoms with Crippen LogP contribution in [-0.2, 0) is 6.54 Å². The first kappa shape index (κ1) is 11.2. The Labute approximate surface area is 104 Å². The van der Waals surface area contributed by atoms with Crippen LogP contribution in [0.25, 0.3) is 0 Å². The second-order valence-electron chi connectivity index (χ2n) is 5.44. The normalized spacial score (nSPS) is 29.9. The van der Waals surface area contributed by atoms with E-state index in [1.165, 1.54) is 44.5 Å². The van der Waals surface area contributed by atoms with E-state index in [0.29, 0.717) is 0 Å². The average Bonchev–Trinajstić information content (AvgIpc) is 2.75. The summed E-state index contributed by atoms with van der Waals surface area (Å²) in [5.41, 5.74) is 1.46. The molecule has 2 heteroatoms. The first-order valence-corrected chi connectivity index (χ1v) is 6.92. The van der Waals surface area contributed by atoms with E-state index in [2.05, 4.69) is 40.5 Å². The molecule has 0 aliphatic carbocycles. The first-order valence-electron chi connectivity index (χ1n) is 6.92. The molecular weight excluding hydrogens is 208 g/mol. The molecule has 0 aromatic heterocycles. The van der Waals surface area contributed by atoms with Gasteiger partial charge in [-0.05, 0) is 37.4 Å². The molecule has 2 aliphatic rings. The summed E-state index contributed by atoms with van der Waals surface area (Å²) < 4.78 is 0. The zero-order valence-corrected chi connectivity index (χ0v) is 10.4. The number of likely N-dealkylation sites (tertiary alicyclic amines) is 1. The molecule has 17 heavy (non-hydrogen) atoms. The molecule has 2 aliphatic heterocycles. The SMILES string of the molecule is c1ccc(CN2CCCC[C@@H]3CNC[C@H]32)cc1. The third-order valence-corrected chi connectivity index (χ3v) is 4.27. The molecular formula is C15H22N2. The van der Waals surface area contributed by atoms with Gasteiger partial charge in [0, 0.05) is 19.1 Å². The zero-order chi connectivity index (χ0) is 11.5.